The summed E-state index contributed by atoms with van der Waals surface area (Å²) >= 11 is 0. The quantitative estimate of drug-likeness (QED) is 0.240. The molecule has 6 heteroatoms. The summed E-state index contributed by atoms with van der Waals surface area (Å²) in [4.78, 5) is 4.64. The van der Waals surface area contributed by atoms with E-state index in [0.717, 1.165) is 64.7 Å². The number of rotatable bonds is 9. The van der Waals surface area contributed by atoms with Crippen LogP contribution < -0.4 is 10.6 Å². The molecule has 0 radical (unpaired) electrons. The minimum atomic E-state index is 0. The first-order valence-corrected chi connectivity index (χ1v) is 10.0. The van der Waals surface area contributed by atoms with Crippen molar-refractivity contribution in [3.63, 3.8) is 0 Å². The highest BCUT2D eigenvalue weighted by molar-refractivity contribution is 14.0. The Kier molecular flexibility index (Phi) is 10.6. The van der Waals surface area contributed by atoms with E-state index in [1.54, 1.807) is 0 Å². The first-order valence-electron chi connectivity index (χ1n) is 10.0. The van der Waals surface area contributed by atoms with Crippen molar-refractivity contribution < 1.29 is 9.47 Å². The molecule has 2 aromatic rings. The lowest BCUT2D eigenvalue weighted by Crippen LogP contribution is -2.38. The SMILES string of the molecule is CCNC(=NCCCOC1CCOC1)NCCc1ccc2ccccc2c1.I. The Morgan fingerprint density at radius 1 is 1.18 bits per heavy atom. The van der Waals surface area contributed by atoms with E-state index in [-0.39, 0.29) is 30.1 Å². The molecule has 1 saturated heterocycles. The molecule has 0 bridgehead atoms. The van der Waals surface area contributed by atoms with E-state index in [1.807, 2.05) is 0 Å². The van der Waals surface area contributed by atoms with Gasteiger partial charge in [-0.1, -0.05) is 42.5 Å². The summed E-state index contributed by atoms with van der Waals surface area (Å²) in [6.45, 7) is 6.88. The van der Waals surface area contributed by atoms with E-state index in [9.17, 15) is 0 Å². The van der Waals surface area contributed by atoms with Gasteiger partial charge in [0.2, 0.25) is 0 Å². The smallest absolute Gasteiger partial charge is 0.191 e. The number of benzene rings is 2. The lowest BCUT2D eigenvalue weighted by molar-refractivity contribution is 0.0424. The zero-order valence-electron chi connectivity index (χ0n) is 16.7. The fourth-order valence-electron chi connectivity index (χ4n) is 3.21. The van der Waals surface area contributed by atoms with Crippen LogP contribution in [0, 0.1) is 0 Å². The highest BCUT2D eigenvalue weighted by atomic mass is 127. The number of nitrogens with one attached hydrogen (secondary N) is 2. The number of hydrogen-bond donors (Lipinski definition) is 2. The Hall–Kier alpha value is -1.38. The molecule has 1 aliphatic heterocycles. The summed E-state index contributed by atoms with van der Waals surface area (Å²) in [5.74, 6) is 0.877. The van der Waals surface area contributed by atoms with Crippen molar-refractivity contribution in [2.24, 2.45) is 4.99 Å². The molecular formula is C22H32IN3O2. The molecule has 0 aromatic heterocycles. The molecule has 2 N–H and O–H groups in total. The van der Waals surface area contributed by atoms with Gasteiger partial charge in [-0.25, -0.2) is 0 Å². The topological polar surface area (TPSA) is 54.9 Å². The van der Waals surface area contributed by atoms with Crippen molar-refractivity contribution in [2.45, 2.75) is 32.3 Å². The van der Waals surface area contributed by atoms with E-state index in [2.05, 4.69) is 65.0 Å². The van der Waals surface area contributed by atoms with Crippen LogP contribution in [0.15, 0.2) is 47.5 Å². The van der Waals surface area contributed by atoms with Crippen LogP contribution in [0.2, 0.25) is 0 Å². The molecule has 1 aliphatic rings. The molecule has 1 fully saturated rings. The molecular weight excluding hydrogens is 465 g/mol. The van der Waals surface area contributed by atoms with E-state index >= 15 is 0 Å². The van der Waals surface area contributed by atoms with Crippen LogP contribution in [-0.2, 0) is 15.9 Å². The summed E-state index contributed by atoms with van der Waals surface area (Å²) in [5, 5.41) is 9.32. The molecule has 28 heavy (non-hydrogen) atoms. The summed E-state index contributed by atoms with van der Waals surface area (Å²) in [6.07, 6.45) is 3.20. The number of aliphatic imine (C=N–C) groups is 1. The molecule has 0 aliphatic carbocycles. The van der Waals surface area contributed by atoms with Crippen LogP contribution in [0.25, 0.3) is 10.8 Å². The van der Waals surface area contributed by atoms with Crippen molar-refractivity contribution in [1.82, 2.24) is 10.6 Å². The van der Waals surface area contributed by atoms with Crippen LogP contribution in [0.4, 0.5) is 0 Å². The Morgan fingerprint density at radius 3 is 2.82 bits per heavy atom. The van der Waals surface area contributed by atoms with Gasteiger partial charge in [-0.2, -0.15) is 0 Å². The Morgan fingerprint density at radius 2 is 2.04 bits per heavy atom. The number of halogens is 1. The Balaban J connectivity index is 0.00000280. The lowest BCUT2D eigenvalue weighted by Gasteiger charge is -2.12. The van der Waals surface area contributed by atoms with Gasteiger partial charge in [0.15, 0.2) is 5.96 Å². The molecule has 0 amide bonds. The molecule has 2 aromatic carbocycles. The fraction of sp³-hybridized carbons (Fsp3) is 0.500. The zero-order chi connectivity index (χ0) is 18.7. The second-order valence-corrected chi connectivity index (χ2v) is 6.83. The van der Waals surface area contributed by atoms with Gasteiger partial charge in [-0.15, -0.1) is 24.0 Å². The van der Waals surface area contributed by atoms with Gasteiger partial charge in [-0.05, 0) is 42.5 Å². The standard InChI is InChI=1S/C22H31N3O2.HI/c1-2-23-22(24-12-5-14-27-21-11-15-26-17-21)25-13-10-18-8-9-19-6-3-4-7-20(19)16-18;/h3-4,6-9,16,21H,2,5,10-15,17H2,1H3,(H2,23,24,25);1H. The van der Waals surface area contributed by atoms with Gasteiger partial charge >= 0.3 is 0 Å². The predicted molar refractivity (Wildman–Crippen MR) is 127 cm³/mol. The maximum Gasteiger partial charge on any atom is 0.191 e. The van der Waals surface area contributed by atoms with Crippen molar-refractivity contribution in [3.05, 3.63) is 48.0 Å². The van der Waals surface area contributed by atoms with Crippen LogP contribution >= 0.6 is 24.0 Å². The van der Waals surface area contributed by atoms with Gasteiger partial charge < -0.3 is 20.1 Å². The lowest BCUT2D eigenvalue weighted by atomic mass is 10.1. The monoisotopic (exact) mass is 497 g/mol. The largest absolute Gasteiger partial charge is 0.379 e. The fourth-order valence-corrected chi connectivity index (χ4v) is 3.21. The second kappa shape index (κ2) is 13.0. The molecule has 154 valence electrons. The molecule has 1 atom stereocenters. The second-order valence-electron chi connectivity index (χ2n) is 6.83. The first kappa shape index (κ1) is 22.9. The Labute approximate surface area is 185 Å². The molecule has 3 rings (SSSR count). The first-order chi connectivity index (χ1) is 13.3. The maximum atomic E-state index is 5.78. The minimum Gasteiger partial charge on any atom is -0.379 e. The van der Waals surface area contributed by atoms with E-state index in [0.29, 0.717) is 0 Å². The zero-order valence-corrected chi connectivity index (χ0v) is 19.0. The van der Waals surface area contributed by atoms with Crippen LogP contribution in [0.1, 0.15) is 25.3 Å². The van der Waals surface area contributed by atoms with Crippen molar-refractivity contribution in [1.29, 1.82) is 0 Å². The number of guanidine groups is 1. The normalized spacial score (nSPS) is 16.8. The highest BCUT2D eigenvalue weighted by Gasteiger charge is 2.15. The summed E-state index contributed by atoms with van der Waals surface area (Å²) < 4.78 is 11.1. The number of fused-ring (bicyclic) bond motifs is 1. The van der Waals surface area contributed by atoms with E-state index < -0.39 is 0 Å². The van der Waals surface area contributed by atoms with Crippen LogP contribution in [-0.4, -0.2) is 51.5 Å². The van der Waals surface area contributed by atoms with Crippen molar-refractivity contribution >= 4 is 40.7 Å². The van der Waals surface area contributed by atoms with Crippen molar-refractivity contribution in [2.75, 3.05) is 39.5 Å². The number of ether oxygens (including phenoxy) is 2. The van der Waals surface area contributed by atoms with Crippen LogP contribution in [0.5, 0.6) is 0 Å². The van der Waals surface area contributed by atoms with Gasteiger partial charge in [-0.3, -0.25) is 4.99 Å². The van der Waals surface area contributed by atoms with E-state index in [1.165, 1.54) is 16.3 Å². The molecule has 5 nitrogen and oxygen atoms in total. The maximum absolute atomic E-state index is 5.78. The van der Waals surface area contributed by atoms with Gasteiger partial charge in [0.25, 0.3) is 0 Å². The average molecular weight is 497 g/mol. The number of nitrogens with zero attached hydrogens (tertiary/aromatic N) is 1. The molecule has 0 saturated carbocycles. The summed E-state index contributed by atoms with van der Waals surface area (Å²) in [7, 11) is 0. The van der Waals surface area contributed by atoms with Gasteiger partial charge in [0, 0.05) is 32.8 Å². The third kappa shape index (κ3) is 7.56. The molecule has 0 spiro atoms. The number of hydrogen-bond acceptors (Lipinski definition) is 3. The molecule has 1 heterocycles. The highest BCUT2D eigenvalue weighted by Crippen LogP contribution is 2.15. The average Bonchev–Trinajstić information content (AvgIpc) is 3.21. The van der Waals surface area contributed by atoms with E-state index in [4.69, 9.17) is 9.47 Å². The Bertz CT molecular complexity index is 733. The summed E-state index contributed by atoms with van der Waals surface area (Å²) in [6, 6.07) is 15.1. The van der Waals surface area contributed by atoms with Crippen LogP contribution in [0.3, 0.4) is 0 Å². The van der Waals surface area contributed by atoms with Crippen molar-refractivity contribution in [3.8, 4) is 0 Å². The third-order valence-electron chi connectivity index (χ3n) is 4.68. The minimum absolute atomic E-state index is 0. The predicted octanol–water partition coefficient (Wildman–Crippen LogP) is 3.75. The van der Waals surface area contributed by atoms with Gasteiger partial charge in [0.1, 0.15) is 0 Å². The third-order valence-corrected chi connectivity index (χ3v) is 4.68. The summed E-state index contributed by atoms with van der Waals surface area (Å²) in [5.41, 5.74) is 1.34. The molecule has 1 unspecified atom stereocenters. The van der Waals surface area contributed by atoms with Gasteiger partial charge in [0.05, 0.1) is 12.7 Å².